The molecule has 0 bridgehead atoms. The van der Waals surface area contributed by atoms with Crippen LogP contribution in [0.4, 0.5) is 0 Å². The molecular formula is C11H20N2O. The van der Waals surface area contributed by atoms with E-state index in [1.54, 1.807) is 0 Å². The lowest BCUT2D eigenvalue weighted by Crippen LogP contribution is -2.49. The third-order valence-corrected chi connectivity index (χ3v) is 3.60. The van der Waals surface area contributed by atoms with Gasteiger partial charge in [0.25, 0.3) is 0 Å². The minimum absolute atomic E-state index is 0.366. The van der Waals surface area contributed by atoms with Gasteiger partial charge in [-0.3, -0.25) is 4.79 Å². The summed E-state index contributed by atoms with van der Waals surface area (Å²) in [6, 6.07) is 0.521. The van der Waals surface area contributed by atoms with Crippen LogP contribution in [0.15, 0.2) is 0 Å². The molecule has 2 fully saturated rings. The van der Waals surface area contributed by atoms with Crippen LogP contribution in [0.3, 0.4) is 0 Å². The molecule has 1 heterocycles. The van der Waals surface area contributed by atoms with E-state index in [2.05, 4.69) is 10.2 Å². The summed E-state index contributed by atoms with van der Waals surface area (Å²) < 4.78 is 0. The molecule has 2 rings (SSSR count). The van der Waals surface area contributed by atoms with Crippen molar-refractivity contribution in [3.63, 3.8) is 0 Å². The van der Waals surface area contributed by atoms with Crippen molar-refractivity contribution in [3.05, 3.63) is 0 Å². The molecule has 1 aliphatic carbocycles. The zero-order valence-corrected chi connectivity index (χ0v) is 8.96. The van der Waals surface area contributed by atoms with Gasteiger partial charge in [0.2, 0.25) is 5.91 Å². The predicted molar refractivity (Wildman–Crippen MR) is 56.0 cm³/mol. The van der Waals surface area contributed by atoms with Crippen molar-refractivity contribution in [2.24, 2.45) is 5.92 Å². The van der Waals surface area contributed by atoms with Gasteiger partial charge in [0, 0.05) is 25.0 Å². The summed E-state index contributed by atoms with van der Waals surface area (Å²) in [4.78, 5) is 14.0. The number of likely N-dealkylation sites (N-methyl/N-ethyl adjacent to an activating group) is 1. The highest BCUT2D eigenvalue weighted by Gasteiger charge is 2.31. The molecule has 2 aliphatic rings. The maximum Gasteiger partial charge on any atom is 0.225 e. The summed E-state index contributed by atoms with van der Waals surface area (Å²) in [5.74, 6) is 0.779. The Kier molecular flexibility index (Phi) is 3.06. The molecule has 80 valence electrons. The fourth-order valence-corrected chi connectivity index (χ4v) is 2.33. The number of hydrogen-bond donors (Lipinski definition) is 1. The summed E-state index contributed by atoms with van der Waals surface area (Å²) in [5, 5.41) is 3.27. The van der Waals surface area contributed by atoms with Crippen LogP contribution >= 0.6 is 0 Å². The van der Waals surface area contributed by atoms with Gasteiger partial charge < -0.3 is 10.2 Å². The number of amides is 1. The minimum atomic E-state index is 0.366. The van der Waals surface area contributed by atoms with Crippen LogP contribution in [0.2, 0.25) is 0 Å². The number of hydrogen-bond acceptors (Lipinski definition) is 2. The molecule has 1 atom stereocenters. The van der Waals surface area contributed by atoms with Gasteiger partial charge in [-0.15, -0.1) is 0 Å². The van der Waals surface area contributed by atoms with Gasteiger partial charge in [0.1, 0.15) is 0 Å². The topological polar surface area (TPSA) is 32.3 Å². The summed E-state index contributed by atoms with van der Waals surface area (Å²) in [6.07, 6.45) is 5.87. The second-order valence-electron chi connectivity index (χ2n) is 4.54. The molecule has 1 N–H and O–H groups in total. The molecular weight excluding hydrogens is 176 g/mol. The summed E-state index contributed by atoms with van der Waals surface area (Å²) in [6.45, 7) is 1.90. The summed E-state index contributed by atoms with van der Waals surface area (Å²) in [7, 11) is 1.99. The van der Waals surface area contributed by atoms with Gasteiger partial charge in [-0.25, -0.2) is 0 Å². The Hall–Kier alpha value is -0.570. The molecule has 0 spiro atoms. The molecule has 3 nitrogen and oxygen atoms in total. The van der Waals surface area contributed by atoms with Crippen LogP contribution < -0.4 is 5.32 Å². The van der Waals surface area contributed by atoms with Crippen molar-refractivity contribution >= 4 is 5.91 Å². The Morgan fingerprint density at radius 3 is 2.64 bits per heavy atom. The quantitative estimate of drug-likeness (QED) is 0.714. The van der Waals surface area contributed by atoms with Gasteiger partial charge in [-0.1, -0.05) is 6.42 Å². The van der Waals surface area contributed by atoms with Crippen LogP contribution in [0.1, 0.15) is 32.1 Å². The van der Waals surface area contributed by atoms with Crippen LogP contribution in [-0.4, -0.2) is 37.0 Å². The van der Waals surface area contributed by atoms with Gasteiger partial charge in [0.05, 0.1) is 0 Å². The zero-order chi connectivity index (χ0) is 9.97. The first kappa shape index (κ1) is 9.97. The third-order valence-electron chi connectivity index (χ3n) is 3.60. The maximum atomic E-state index is 11.9. The first-order chi connectivity index (χ1) is 6.81. The SMILES string of the molecule is CN[C@@H]1CCCN(C(=O)C2CCC2)C1. The van der Waals surface area contributed by atoms with E-state index >= 15 is 0 Å². The monoisotopic (exact) mass is 196 g/mol. The second kappa shape index (κ2) is 4.30. The fourth-order valence-electron chi connectivity index (χ4n) is 2.33. The zero-order valence-electron chi connectivity index (χ0n) is 8.96. The standard InChI is InChI=1S/C11H20N2O/c1-12-10-6-3-7-13(8-10)11(14)9-4-2-5-9/h9-10,12H,2-8H2,1H3/t10-/m1/s1. The third kappa shape index (κ3) is 1.92. The average molecular weight is 196 g/mol. The normalized spacial score (nSPS) is 28.6. The smallest absolute Gasteiger partial charge is 0.225 e. The molecule has 1 aliphatic heterocycles. The van der Waals surface area contributed by atoms with E-state index in [4.69, 9.17) is 0 Å². The van der Waals surface area contributed by atoms with Crippen molar-refractivity contribution in [2.75, 3.05) is 20.1 Å². The largest absolute Gasteiger partial charge is 0.341 e. The number of likely N-dealkylation sites (tertiary alicyclic amines) is 1. The Balaban J connectivity index is 1.86. The minimum Gasteiger partial charge on any atom is -0.341 e. The van der Waals surface area contributed by atoms with Crippen molar-refractivity contribution in [1.82, 2.24) is 10.2 Å². The van der Waals surface area contributed by atoms with Gasteiger partial charge in [-0.05, 0) is 32.7 Å². The van der Waals surface area contributed by atoms with Crippen molar-refractivity contribution in [2.45, 2.75) is 38.1 Å². The van der Waals surface area contributed by atoms with Crippen molar-refractivity contribution in [1.29, 1.82) is 0 Å². The molecule has 1 saturated carbocycles. The van der Waals surface area contributed by atoms with Crippen LogP contribution in [-0.2, 0) is 4.79 Å². The van der Waals surface area contributed by atoms with E-state index in [9.17, 15) is 4.79 Å². The van der Waals surface area contributed by atoms with Gasteiger partial charge >= 0.3 is 0 Å². The molecule has 0 aromatic carbocycles. The van der Waals surface area contributed by atoms with E-state index in [1.807, 2.05) is 7.05 Å². The Bertz CT molecular complexity index is 213. The first-order valence-corrected chi connectivity index (χ1v) is 5.77. The molecule has 0 aromatic rings. The highest BCUT2D eigenvalue weighted by atomic mass is 16.2. The van der Waals surface area contributed by atoms with Crippen LogP contribution in [0.25, 0.3) is 0 Å². The number of nitrogens with one attached hydrogen (secondary N) is 1. The second-order valence-corrected chi connectivity index (χ2v) is 4.54. The molecule has 0 radical (unpaired) electrons. The van der Waals surface area contributed by atoms with E-state index in [-0.39, 0.29) is 0 Å². The van der Waals surface area contributed by atoms with E-state index in [0.29, 0.717) is 17.9 Å². The molecule has 0 unspecified atom stereocenters. The Labute approximate surface area is 85.8 Å². The Morgan fingerprint density at radius 2 is 2.07 bits per heavy atom. The number of nitrogens with zero attached hydrogens (tertiary/aromatic N) is 1. The van der Waals surface area contributed by atoms with Crippen LogP contribution in [0, 0.1) is 5.92 Å². The van der Waals surface area contributed by atoms with Crippen LogP contribution in [0.5, 0.6) is 0 Å². The molecule has 1 saturated heterocycles. The average Bonchev–Trinajstić information content (AvgIpc) is 2.15. The van der Waals surface area contributed by atoms with E-state index in [1.165, 1.54) is 12.8 Å². The van der Waals surface area contributed by atoms with E-state index in [0.717, 1.165) is 32.4 Å². The maximum absolute atomic E-state index is 11.9. The lowest BCUT2D eigenvalue weighted by atomic mass is 9.84. The Morgan fingerprint density at radius 1 is 1.29 bits per heavy atom. The molecule has 1 amide bonds. The highest BCUT2D eigenvalue weighted by Crippen LogP contribution is 2.29. The molecule has 3 heteroatoms. The highest BCUT2D eigenvalue weighted by molar-refractivity contribution is 5.79. The van der Waals surface area contributed by atoms with E-state index < -0.39 is 0 Å². The van der Waals surface area contributed by atoms with Crippen molar-refractivity contribution in [3.8, 4) is 0 Å². The number of piperidine rings is 1. The fraction of sp³-hybridized carbons (Fsp3) is 0.909. The number of rotatable bonds is 2. The number of carbonyl (C=O) groups excluding carboxylic acids is 1. The van der Waals surface area contributed by atoms with Crippen molar-refractivity contribution < 1.29 is 4.79 Å². The molecule has 14 heavy (non-hydrogen) atoms. The lowest BCUT2D eigenvalue weighted by molar-refractivity contribution is -0.139. The molecule has 0 aromatic heterocycles. The summed E-state index contributed by atoms with van der Waals surface area (Å²) in [5.41, 5.74) is 0. The predicted octanol–water partition coefficient (Wildman–Crippen LogP) is 0.997. The lowest BCUT2D eigenvalue weighted by Gasteiger charge is -2.37. The van der Waals surface area contributed by atoms with Gasteiger partial charge in [-0.2, -0.15) is 0 Å². The summed E-state index contributed by atoms with van der Waals surface area (Å²) >= 11 is 0. The number of carbonyl (C=O) groups is 1. The first-order valence-electron chi connectivity index (χ1n) is 5.77. The van der Waals surface area contributed by atoms with Gasteiger partial charge in [0.15, 0.2) is 0 Å².